The lowest BCUT2D eigenvalue weighted by molar-refractivity contribution is 0.276. The Morgan fingerprint density at radius 3 is 3.07 bits per heavy atom. The molecule has 1 aromatic rings. The van der Waals surface area contributed by atoms with Crippen molar-refractivity contribution in [1.29, 1.82) is 0 Å². The highest BCUT2D eigenvalue weighted by Gasteiger charge is 2.23. The number of likely N-dealkylation sites (N-methyl/N-ethyl adjacent to an activating group) is 1. The van der Waals surface area contributed by atoms with Crippen LogP contribution >= 0.6 is 0 Å². The molecule has 0 spiro atoms. The quantitative estimate of drug-likeness (QED) is 0.741. The van der Waals surface area contributed by atoms with E-state index in [0.717, 1.165) is 26.1 Å². The second-order valence-electron chi connectivity index (χ2n) is 3.68. The minimum Gasteiger partial charge on any atom is -0.390 e. The number of hydrogen-bond donors (Lipinski definition) is 1. The van der Waals surface area contributed by atoms with Gasteiger partial charge in [-0.2, -0.15) is 0 Å². The third kappa shape index (κ3) is 1.78. The number of aliphatic hydroxyl groups excluding tert-OH is 1. The molecule has 1 N–H and O–H groups in total. The smallest absolute Gasteiger partial charge is 0.108 e. The monoisotopic (exact) mass is 196 g/mol. The summed E-state index contributed by atoms with van der Waals surface area (Å²) in [6.07, 6.45) is 2.96. The minimum absolute atomic E-state index is 0.0236. The number of rotatable bonds is 3. The maximum absolute atomic E-state index is 8.87. The summed E-state index contributed by atoms with van der Waals surface area (Å²) in [7, 11) is 0. The molecule has 1 aliphatic heterocycles. The summed E-state index contributed by atoms with van der Waals surface area (Å²) in [6, 6.07) is 0.433. The van der Waals surface area contributed by atoms with Crippen LogP contribution in [0.15, 0.2) is 6.20 Å². The Bertz CT molecular complexity index is 299. The fourth-order valence-corrected chi connectivity index (χ4v) is 1.88. The first-order chi connectivity index (χ1) is 6.83. The van der Waals surface area contributed by atoms with Crippen molar-refractivity contribution in [3.05, 3.63) is 11.9 Å². The Labute approximate surface area is 83.3 Å². The summed E-state index contributed by atoms with van der Waals surface area (Å²) < 4.78 is 1.88. The highest BCUT2D eigenvalue weighted by Crippen LogP contribution is 2.19. The Balaban J connectivity index is 2.02. The van der Waals surface area contributed by atoms with Crippen LogP contribution in [0.25, 0.3) is 0 Å². The van der Waals surface area contributed by atoms with Crippen LogP contribution in [0.5, 0.6) is 0 Å². The summed E-state index contributed by atoms with van der Waals surface area (Å²) in [4.78, 5) is 2.39. The summed E-state index contributed by atoms with van der Waals surface area (Å²) in [5.41, 5.74) is 0.653. The van der Waals surface area contributed by atoms with Gasteiger partial charge in [-0.05, 0) is 13.0 Å². The summed E-state index contributed by atoms with van der Waals surface area (Å²) in [6.45, 7) is 5.42. The van der Waals surface area contributed by atoms with Crippen LogP contribution in [-0.4, -0.2) is 44.6 Å². The van der Waals surface area contributed by atoms with Gasteiger partial charge in [-0.25, -0.2) is 4.68 Å². The predicted molar refractivity (Wildman–Crippen MR) is 51.7 cm³/mol. The Morgan fingerprint density at radius 1 is 1.64 bits per heavy atom. The van der Waals surface area contributed by atoms with Gasteiger partial charge >= 0.3 is 0 Å². The highest BCUT2D eigenvalue weighted by atomic mass is 16.3. The molecule has 14 heavy (non-hydrogen) atoms. The molecule has 0 radical (unpaired) electrons. The van der Waals surface area contributed by atoms with Crippen molar-refractivity contribution >= 4 is 0 Å². The zero-order valence-corrected chi connectivity index (χ0v) is 8.43. The lowest BCUT2D eigenvalue weighted by atomic mass is 10.3. The Hall–Kier alpha value is -0.940. The molecular formula is C9H16N4O. The van der Waals surface area contributed by atoms with Gasteiger partial charge in [-0.1, -0.05) is 12.1 Å². The van der Waals surface area contributed by atoms with Crippen molar-refractivity contribution in [3.8, 4) is 0 Å². The van der Waals surface area contributed by atoms with Gasteiger partial charge in [-0.15, -0.1) is 5.10 Å². The Kier molecular flexibility index (Phi) is 2.79. The van der Waals surface area contributed by atoms with Gasteiger partial charge in [0.1, 0.15) is 5.69 Å². The molecule has 1 aliphatic rings. The number of hydrogen-bond acceptors (Lipinski definition) is 4. The Morgan fingerprint density at radius 2 is 2.50 bits per heavy atom. The van der Waals surface area contributed by atoms with Crippen LogP contribution in [0, 0.1) is 0 Å². The van der Waals surface area contributed by atoms with Crippen molar-refractivity contribution in [3.63, 3.8) is 0 Å². The number of likely N-dealkylation sites (tertiary alicyclic amines) is 1. The van der Waals surface area contributed by atoms with E-state index in [1.165, 1.54) is 0 Å². The molecule has 1 saturated heterocycles. The summed E-state index contributed by atoms with van der Waals surface area (Å²) in [5, 5.41) is 16.8. The van der Waals surface area contributed by atoms with Crippen molar-refractivity contribution < 1.29 is 5.11 Å². The highest BCUT2D eigenvalue weighted by molar-refractivity contribution is 4.92. The van der Waals surface area contributed by atoms with E-state index in [0.29, 0.717) is 11.7 Å². The number of aromatic nitrogens is 3. The van der Waals surface area contributed by atoms with E-state index in [2.05, 4.69) is 22.1 Å². The van der Waals surface area contributed by atoms with Crippen molar-refractivity contribution in [2.75, 3.05) is 19.6 Å². The third-order valence-electron chi connectivity index (χ3n) is 2.79. The second kappa shape index (κ2) is 4.06. The van der Waals surface area contributed by atoms with Gasteiger partial charge in [-0.3, -0.25) is 0 Å². The number of nitrogens with zero attached hydrogens (tertiary/aromatic N) is 4. The molecule has 78 valence electrons. The molecule has 5 nitrogen and oxygen atoms in total. The van der Waals surface area contributed by atoms with Crippen molar-refractivity contribution in [2.45, 2.75) is 26.0 Å². The predicted octanol–water partition coefficient (Wildman–Crippen LogP) is 0.0371. The molecule has 2 heterocycles. The van der Waals surface area contributed by atoms with Gasteiger partial charge in [0.2, 0.25) is 0 Å². The molecule has 1 fully saturated rings. The zero-order chi connectivity index (χ0) is 9.97. The van der Waals surface area contributed by atoms with Gasteiger partial charge < -0.3 is 10.0 Å². The van der Waals surface area contributed by atoms with E-state index in [1.807, 2.05) is 10.9 Å². The van der Waals surface area contributed by atoms with E-state index in [4.69, 9.17) is 5.11 Å². The second-order valence-corrected chi connectivity index (χ2v) is 3.68. The SMILES string of the molecule is CCN1CC[C@H](n2cc(CO)nn2)C1. The number of aliphatic hydroxyl groups is 1. The lowest BCUT2D eigenvalue weighted by Crippen LogP contribution is -2.21. The van der Waals surface area contributed by atoms with Gasteiger partial charge in [0.05, 0.1) is 18.8 Å². The van der Waals surface area contributed by atoms with E-state index < -0.39 is 0 Å². The van der Waals surface area contributed by atoms with Gasteiger partial charge in [0, 0.05) is 13.1 Å². The molecule has 1 aromatic heterocycles. The first-order valence-corrected chi connectivity index (χ1v) is 5.07. The maximum atomic E-state index is 8.87. The van der Waals surface area contributed by atoms with E-state index in [9.17, 15) is 0 Å². The first-order valence-electron chi connectivity index (χ1n) is 5.07. The standard InChI is InChI=1S/C9H16N4O/c1-2-12-4-3-9(6-12)13-5-8(7-14)10-11-13/h5,9,14H,2-4,6-7H2,1H3/t9-/m0/s1. The van der Waals surface area contributed by atoms with E-state index >= 15 is 0 Å². The minimum atomic E-state index is -0.0236. The topological polar surface area (TPSA) is 54.2 Å². The first kappa shape index (κ1) is 9.61. The average Bonchev–Trinajstić information content (AvgIpc) is 2.86. The van der Waals surface area contributed by atoms with Crippen LogP contribution in [0.4, 0.5) is 0 Å². The molecule has 0 saturated carbocycles. The van der Waals surface area contributed by atoms with Crippen molar-refractivity contribution in [1.82, 2.24) is 19.9 Å². The fraction of sp³-hybridized carbons (Fsp3) is 0.778. The van der Waals surface area contributed by atoms with Crippen LogP contribution < -0.4 is 0 Å². The van der Waals surface area contributed by atoms with Gasteiger partial charge in [0.15, 0.2) is 0 Å². The van der Waals surface area contributed by atoms with Crippen LogP contribution in [0.3, 0.4) is 0 Å². The molecule has 0 unspecified atom stereocenters. The van der Waals surface area contributed by atoms with E-state index in [-0.39, 0.29) is 6.61 Å². The molecule has 5 heteroatoms. The fourth-order valence-electron chi connectivity index (χ4n) is 1.88. The van der Waals surface area contributed by atoms with Crippen LogP contribution in [0.2, 0.25) is 0 Å². The normalized spacial score (nSPS) is 23.1. The maximum Gasteiger partial charge on any atom is 0.108 e. The molecule has 1 atom stereocenters. The van der Waals surface area contributed by atoms with Crippen LogP contribution in [0.1, 0.15) is 25.1 Å². The molecule has 0 amide bonds. The van der Waals surface area contributed by atoms with E-state index in [1.54, 1.807) is 0 Å². The van der Waals surface area contributed by atoms with Crippen molar-refractivity contribution in [2.24, 2.45) is 0 Å². The molecule has 0 aliphatic carbocycles. The van der Waals surface area contributed by atoms with Crippen LogP contribution in [-0.2, 0) is 6.61 Å². The molecule has 0 aromatic carbocycles. The molecule has 2 rings (SSSR count). The lowest BCUT2D eigenvalue weighted by Gasteiger charge is -2.12. The summed E-state index contributed by atoms with van der Waals surface area (Å²) in [5.74, 6) is 0. The zero-order valence-electron chi connectivity index (χ0n) is 8.43. The summed E-state index contributed by atoms with van der Waals surface area (Å²) >= 11 is 0. The third-order valence-corrected chi connectivity index (χ3v) is 2.79. The molecular weight excluding hydrogens is 180 g/mol. The molecule has 0 bridgehead atoms. The van der Waals surface area contributed by atoms with Gasteiger partial charge in [0.25, 0.3) is 0 Å². The average molecular weight is 196 g/mol. The largest absolute Gasteiger partial charge is 0.390 e.